The second-order valence-corrected chi connectivity index (χ2v) is 22.3. The van der Waals surface area contributed by atoms with E-state index in [1.807, 2.05) is 118 Å². The summed E-state index contributed by atoms with van der Waals surface area (Å²) < 4.78 is 137. The van der Waals surface area contributed by atoms with Crippen LogP contribution in [0.25, 0.3) is 122 Å². The summed E-state index contributed by atoms with van der Waals surface area (Å²) in [5, 5.41) is 3.76. The van der Waals surface area contributed by atoms with Crippen molar-refractivity contribution in [2.24, 2.45) is 0 Å². The fourth-order valence-corrected chi connectivity index (χ4v) is 11.5. The number of benzene rings is 10. The number of aromatic nitrogens is 5. The van der Waals surface area contributed by atoms with Crippen molar-refractivity contribution in [2.45, 2.75) is 52.4 Å². The Hall–Kier alpha value is -9.09. The summed E-state index contributed by atoms with van der Waals surface area (Å²) in [5.74, 6) is 1.30. The van der Waals surface area contributed by atoms with Crippen LogP contribution in [0.2, 0.25) is 0 Å². The predicted octanol–water partition coefficient (Wildman–Crippen LogP) is 18.3. The molecule has 0 N–H and O–H groups in total. The van der Waals surface area contributed by atoms with Crippen LogP contribution in [-0.4, -0.2) is 18.7 Å². The van der Waals surface area contributed by atoms with E-state index in [0.29, 0.717) is 28.6 Å². The van der Waals surface area contributed by atoms with Crippen molar-refractivity contribution >= 4 is 54.6 Å². The number of para-hydroxylation sites is 3. The molecule has 0 fully saturated rings. The average molecular weight is 1240 g/mol. The van der Waals surface area contributed by atoms with Gasteiger partial charge in [0.05, 0.1) is 51.3 Å². The number of hydrogen-bond acceptors (Lipinski definition) is 2. The molecule has 394 valence electrons. The zero-order valence-electron chi connectivity index (χ0n) is 57.8. The van der Waals surface area contributed by atoms with Crippen LogP contribution < -0.4 is 9.30 Å². The van der Waals surface area contributed by atoms with E-state index in [1.54, 1.807) is 33.4 Å². The van der Waals surface area contributed by atoms with Crippen molar-refractivity contribution in [2.75, 3.05) is 0 Å². The SMILES string of the molecule is [2H]c1c([2H])c([2H])c(-c2cc3c4c(c2)n(-c2[c-]c(Oc5[c-]c6c(cc5)c5ccccc5n6-c5cc(C(C)(C)C)ccn5)ccc2)[c-][n+]4-c2c(cc(C(C)(C)C)cc2-n2c4ccccc4c4ccccc42)-c2c([2H])c([2H])c([2H])c([2H])c2-c2c([2H])c([2H])c([2H])c([2H])c2-3)c([2H])c1[2H].[Pt]. The Kier molecular flexibility index (Phi) is 8.87. The second kappa shape index (κ2) is 19.0. The van der Waals surface area contributed by atoms with Crippen molar-refractivity contribution in [3.8, 4) is 78.9 Å². The minimum absolute atomic E-state index is 0. The molecule has 1 aliphatic rings. The van der Waals surface area contributed by atoms with Crippen LogP contribution in [0.1, 0.15) is 70.5 Å². The summed E-state index contributed by atoms with van der Waals surface area (Å²) in [6.45, 7) is 12.6. The van der Waals surface area contributed by atoms with Gasteiger partial charge in [0.2, 0.25) is 0 Å². The average Bonchev–Trinajstić information content (AvgIpc) is 1.44. The number of imidazole rings is 1. The Morgan fingerprint density at radius 3 is 1.72 bits per heavy atom. The number of rotatable bonds is 6. The molecule has 1 aliphatic heterocycles. The number of hydrogen-bond donors (Lipinski definition) is 0. The molecule has 0 spiro atoms. The van der Waals surface area contributed by atoms with E-state index in [2.05, 4.69) is 66.6 Å². The van der Waals surface area contributed by atoms with Crippen molar-refractivity contribution in [3.05, 3.63) is 254 Å². The maximum atomic E-state index is 10.1. The van der Waals surface area contributed by atoms with Crippen molar-refractivity contribution in [1.29, 1.82) is 0 Å². The summed E-state index contributed by atoms with van der Waals surface area (Å²) in [7, 11) is 0. The van der Waals surface area contributed by atoms with Gasteiger partial charge in [-0.15, -0.1) is 29.7 Å². The van der Waals surface area contributed by atoms with E-state index < -0.39 is 84.0 Å². The van der Waals surface area contributed by atoms with Gasteiger partial charge in [0.25, 0.3) is 6.33 Å². The summed E-state index contributed by atoms with van der Waals surface area (Å²) in [5.41, 5.74) is 5.44. The molecule has 0 amide bonds. The van der Waals surface area contributed by atoms with Crippen LogP contribution in [0.4, 0.5) is 0 Å². The molecule has 6 nitrogen and oxygen atoms in total. The Morgan fingerprint density at radius 1 is 0.481 bits per heavy atom. The van der Waals surface area contributed by atoms with Crippen LogP contribution in [0.3, 0.4) is 0 Å². The summed E-state index contributed by atoms with van der Waals surface area (Å²) in [6, 6.07) is 43.7. The molecule has 14 aromatic rings. The van der Waals surface area contributed by atoms with Gasteiger partial charge in [0, 0.05) is 55.1 Å². The molecular weight excluding hydrogens is 1170 g/mol. The van der Waals surface area contributed by atoms with Gasteiger partial charge in [-0.05, 0) is 120 Å². The first-order valence-corrected chi connectivity index (χ1v) is 26.5. The van der Waals surface area contributed by atoms with Crippen molar-refractivity contribution < 1.29 is 48.2 Å². The normalized spacial score (nSPS) is 14.5. The largest absolute Gasteiger partial charge is 0.510 e. The van der Waals surface area contributed by atoms with Crippen LogP contribution in [0.15, 0.2) is 224 Å². The number of fused-ring (bicyclic) bond motifs is 13. The van der Waals surface area contributed by atoms with Crippen LogP contribution in [0.5, 0.6) is 11.5 Å². The second-order valence-electron chi connectivity index (χ2n) is 22.3. The van der Waals surface area contributed by atoms with Crippen molar-refractivity contribution in [1.82, 2.24) is 18.7 Å². The van der Waals surface area contributed by atoms with E-state index in [0.717, 1.165) is 54.7 Å². The number of nitrogens with zero attached hydrogens (tertiary/aromatic N) is 5. The van der Waals surface area contributed by atoms with Gasteiger partial charge in [-0.1, -0.05) is 192 Å². The monoisotopic (exact) mass is 1240 g/mol. The smallest absolute Gasteiger partial charge is 0.268 e. The molecule has 4 aromatic heterocycles. The van der Waals surface area contributed by atoms with Gasteiger partial charge in [-0.3, -0.25) is 4.57 Å². The van der Waals surface area contributed by atoms with Gasteiger partial charge in [0.15, 0.2) is 0 Å². The first-order valence-electron chi connectivity index (χ1n) is 33.0. The first kappa shape index (κ1) is 37.7. The fraction of sp³-hybridized carbons (Fsp3) is 0.108. The third kappa shape index (κ3) is 8.18. The fourth-order valence-electron chi connectivity index (χ4n) is 11.5. The summed E-state index contributed by atoms with van der Waals surface area (Å²) in [4.78, 5) is 4.86. The molecule has 7 heteroatoms. The molecule has 0 saturated carbocycles. The molecule has 81 heavy (non-hydrogen) atoms. The van der Waals surface area contributed by atoms with Crippen LogP contribution >= 0.6 is 0 Å². The van der Waals surface area contributed by atoms with E-state index in [4.69, 9.17) is 13.8 Å². The minimum atomic E-state index is -0.670. The maximum Gasteiger partial charge on any atom is 0.268 e. The number of pyridine rings is 1. The topological polar surface area (TPSA) is 40.8 Å². The Balaban J connectivity index is 0.00000763. The molecule has 0 bridgehead atoms. The quantitative estimate of drug-likeness (QED) is 0.123. The van der Waals surface area contributed by atoms with Gasteiger partial charge in [0.1, 0.15) is 5.82 Å². The Morgan fingerprint density at radius 2 is 1.06 bits per heavy atom. The van der Waals surface area contributed by atoms with Gasteiger partial charge < -0.3 is 18.4 Å². The van der Waals surface area contributed by atoms with Crippen LogP contribution in [-0.2, 0) is 31.9 Å². The van der Waals surface area contributed by atoms with E-state index in [1.165, 1.54) is 6.07 Å². The Labute approximate surface area is 504 Å². The molecule has 15 rings (SSSR count). The maximum absolute atomic E-state index is 10.1. The van der Waals surface area contributed by atoms with Gasteiger partial charge >= 0.3 is 0 Å². The molecule has 5 heterocycles. The molecule has 0 radical (unpaired) electrons. The summed E-state index contributed by atoms with van der Waals surface area (Å²) >= 11 is 0. The van der Waals surface area contributed by atoms with E-state index in [-0.39, 0.29) is 87.8 Å². The third-order valence-electron chi connectivity index (χ3n) is 15.3. The zero-order chi connectivity index (χ0) is 65.3. The standard InChI is InChI=1S/C74H55N5O.Pt/c1-73(2,3)49-37-38-75-70(43-49)79-66-34-19-16-31-60(66)61-36-35-53(45-67(61)79)80-52-24-20-23-51(44-52)76-46-77-71-62(39-48(40-68(71)76)47-21-8-7-9-22-47)56-27-12-10-25-54(56)55-26-11-13-28-57(55)63-41-50(74(4,5)6)42-69(72(63)77)78-64-32-17-14-29-58(64)59-30-15-18-33-65(59)78;/h7-43H,1-6H3;/q-2;/i7D,8D,9D,10D,11D,12D,13D,21D,22D,25D,26D,27D,28D;. The number of ether oxygens (including phenoxy) is 1. The van der Waals surface area contributed by atoms with Gasteiger partial charge in [-0.25, -0.2) is 4.98 Å². The predicted molar refractivity (Wildman–Crippen MR) is 327 cm³/mol. The summed E-state index contributed by atoms with van der Waals surface area (Å²) in [6.07, 6.45) is 5.50. The van der Waals surface area contributed by atoms with E-state index >= 15 is 0 Å². The first-order chi connectivity index (χ1) is 44.3. The van der Waals surface area contributed by atoms with Crippen molar-refractivity contribution in [3.63, 3.8) is 0 Å². The molecule has 0 aliphatic carbocycles. The molecule has 0 saturated heterocycles. The molecule has 0 unspecified atom stereocenters. The molecular formula is C74H55N5OPt-2. The minimum Gasteiger partial charge on any atom is -0.510 e. The van der Waals surface area contributed by atoms with Crippen LogP contribution in [0, 0.1) is 18.5 Å². The van der Waals surface area contributed by atoms with Gasteiger partial charge in [-0.2, -0.15) is 18.2 Å². The molecule has 0 atom stereocenters. The Bertz CT molecular complexity index is 5560. The third-order valence-corrected chi connectivity index (χ3v) is 15.3. The molecule has 10 aromatic carbocycles. The zero-order valence-corrected chi connectivity index (χ0v) is 47.1. The van der Waals surface area contributed by atoms with E-state index in [9.17, 15) is 13.7 Å².